The van der Waals surface area contributed by atoms with Crippen molar-refractivity contribution in [3.63, 3.8) is 0 Å². The van der Waals surface area contributed by atoms with E-state index in [0.29, 0.717) is 62.7 Å². The van der Waals surface area contributed by atoms with Gasteiger partial charge in [0.25, 0.3) is 5.91 Å². The highest BCUT2D eigenvalue weighted by atomic mass is 16.5. The number of hydrogen-bond acceptors (Lipinski definition) is 8. The van der Waals surface area contributed by atoms with Crippen LogP contribution < -0.4 is 25.4 Å². The van der Waals surface area contributed by atoms with Crippen molar-refractivity contribution in [1.29, 1.82) is 0 Å². The summed E-state index contributed by atoms with van der Waals surface area (Å²) in [5, 5.41) is 16.9. The lowest BCUT2D eigenvalue weighted by molar-refractivity contribution is -0.132. The van der Waals surface area contributed by atoms with Gasteiger partial charge in [-0.3, -0.25) is 23.9 Å². The van der Waals surface area contributed by atoms with E-state index in [0.717, 1.165) is 24.0 Å². The van der Waals surface area contributed by atoms with Crippen molar-refractivity contribution in [1.82, 2.24) is 35.8 Å². The molecular weight excluding hydrogens is 638 g/mol. The SMILES string of the molecule is COc1ccc2cc1OCC(=O)NCCN(C(=O)/C=C/c1ccccc1)CCCC(=O)NCC(CC1CC1)(C(=O)NCCCn1ccnn1)C2. The van der Waals surface area contributed by atoms with E-state index in [9.17, 15) is 19.2 Å². The van der Waals surface area contributed by atoms with Crippen molar-refractivity contribution in [2.45, 2.75) is 51.5 Å². The minimum Gasteiger partial charge on any atom is -0.493 e. The maximum atomic E-state index is 14.2. The van der Waals surface area contributed by atoms with Crippen LogP contribution in [-0.4, -0.2) is 90.0 Å². The molecule has 3 N–H and O–H groups in total. The van der Waals surface area contributed by atoms with Crippen LogP contribution in [0.1, 0.15) is 49.7 Å². The van der Waals surface area contributed by atoms with Crippen LogP contribution in [-0.2, 0) is 32.1 Å². The number of nitrogens with zero attached hydrogens (tertiary/aromatic N) is 4. The van der Waals surface area contributed by atoms with Crippen LogP contribution in [0.2, 0.25) is 0 Å². The van der Waals surface area contributed by atoms with Crippen molar-refractivity contribution in [2.24, 2.45) is 11.3 Å². The first kappa shape index (κ1) is 36.1. The molecule has 1 aliphatic carbocycles. The summed E-state index contributed by atoms with van der Waals surface area (Å²) in [6, 6.07) is 15.0. The average Bonchev–Trinajstić information content (AvgIpc) is 3.78. The van der Waals surface area contributed by atoms with Crippen LogP contribution in [0.15, 0.2) is 67.0 Å². The summed E-state index contributed by atoms with van der Waals surface area (Å²) in [6.45, 7) is 1.75. The number of benzene rings is 2. The molecule has 266 valence electrons. The minimum absolute atomic E-state index is 0.127. The topological polar surface area (TPSA) is 157 Å². The second kappa shape index (κ2) is 18.0. The number of carbonyl (C=O) groups excluding carboxylic acids is 4. The number of methoxy groups -OCH3 is 1. The number of ether oxygens (including phenoxy) is 2. The molecule has 13 nitrogen and oxygen atoms in total. The van der Waals surface area contributed by atoms with E-state index >= 15 is 0 Å². The molecule has 0 radical (unpaired) electrons. The number of rotatable bonds is 10. The van der Waals surface area contributed by atoms with Crippen LogP contribution >= 0.6 is 0 Å². The van der Waals surface area contributed by atoms with E-state index in [1.165, 1.54) is 13.2 Å². The van der Waals surface area contributed by atoms with Gasteiger partial charge in [0.05, 0.1) is 18.7 Å². The first-order chi connectivity index (χ1) is 24.3. The molecule has 1 fully saturated rings. The highest BCUT2D eigenvalue weighted by Gasteiger charge is 2.43. The molecular formula is C37H47N7O6. The summed E-state index contributed by atoms with van der Waals surface area (Å²) in [5.74, 6) is 0.324. The van der Waals surface area contributed by atoms with Gasteiger partial charge in [0, 0.05) is 58.0 Å². The summed E-state index contributed by atoms with van der Waals surface area (Å²) >= 11 is 0. The molecule has 2 aromatic carbocycles. The smallest absolute Gasteiger partial charge is 0.258 e. The normalized spacial score (nSPS) is 19.4. The molecule has 1 aliphatic heterocycles. The Morgan fingerprint density at radius 3 is 2.70 bits per heavy atom. The first-order valence-electron chi connectivity index (χ1n) is 17.3. The van der Waals surface area contributed by atoms with Gasteiger partial charge in [-0.1, -0.05) is 54.5 Å². The summed E-state index contributed by atoms with van der Waals surface area (Å²) in [7, 11) is 1.53. The highest BCUT2D eigenvalue weighted by Crippen LogP contribution is 2.43. The van der Waals surface area contributed by atoms with Crippen molar-refractivity contribution in [3.8, 4) is 11.5 Å². The van der Waals surface area contributed by atoms with Crippen LogP contribution in [0.4, 0.5) is 0 Å². The number of carbonyl (C=O) groups is 4. The molecule has 50 heavy (non-hydrogen) atoms. The van der Waals surface area contributed by atoms with Crippen LogP contribution in [0, 0.1) is 11.3 Å². The van der Waals surface area contributed by atoms with Crippen molar-refractivity contribution < 1.29 is 28.7 Å². The van der Waals surface area contributed by atoms with Crippen LogP contribution in [0.3, 0.4) is 0 Å². The lowest BCUT2D eigenvalue weighted by atomic mass is 9.75. The Labute approximate surface area is 292 Å². The summed E-state index contributed by atoms with van der Waals surface area (Å²) < 4.78 is 13.2. The van der Waals surface area contributed by atoms with Crippen molar-refractivity contribution in [3.05, 3.63) is 78.1 Å². The third-order valence-electron chi connectivity index (χ3n) is 9.00. The molecule has 4 amide bonds. The van der Waals surface area contributed by atoms with Gasteiger partial charge in [0.1, 0.15) is 0 Å². The second-order valence-electron chi connectivity index (χ2n) is 13.0. The minimum atomic E-state index is -0.928. The zero-order chi connectivity index (χ0) is 35.2. The van der Waals surface area contributed by atoms with Gasteiger partial charge in [-0.05, 0) is 60.9 Å². The lowest BCUT2D eigenvalue weighted by Crippen LogP contribution is -2.50. The molecule has 1 unspecified atom stereocenters. The molecule has 2 bridgehead atoms. The monoisotopic (exact) mass is 685 g/mol. The average molecular weight is 686 g/mol. The fourth-order valence-electron chi connectivity index (χ4n) is 6.13. The Hall–Kier alpha value is -5.20. The molecule has 1 saturated carbocycles. The molecule has 1 atom stereocenters. The highest BCUT2D eigenvalue weighted by molar-refractivity contribution is 5.92. The Bertz CT molecular complexity index is 1610. The van der Waals surface area contributed by atoms with Gasteiger partial charge >= 0.3 is 0 Å². The number of hydrogen-bond donors (Lipinski definition) is 3. The molecule has 2 aliphatic rings. The van der Waals surface area contributed by atoms with E-state index in [-0.39, 0.29) is 56.3 Å². The molecule has 2 heterocycles. The van der Waals surface area contributed by atoms with Crippen LogP contribution in [0.25, 0.3) is 6.08 Å². The largest absolute Gasteiger partial charge is 0.493 e. The second-order valence-corrected chi connectivity index (χ2v) is 13.0. The van der Waals surface area contributed by atoms with Gasteiger partial charge in [-0.15, -0.1) is 5.10 Å². The quantitative estimate of drug-likeness (QED) is 0.217. The Kier molecular flexibility index (Phi) is 13.0. The summed E-state index contributed by atoms with van der Waals surface area (Å²) in [4.78, 5) is 55.1. The van der Waals surface area contributed by atoms with E-state index < -0.39 is 5.41 Å². The number of amides is 4. The van der Waals surface area contributed by atoms with E-state index in [1.54, 1.807) is 40.2 Å². The molecule has 1 aromatic heterocycles. The number of aryl methyl sites for hydroxylation is 1. The number of fused-ring (bicyclic) bond motifs is 2. The summed E-state index contributed by atoms with van der Waals surface area (Å²) in [6.07, 6.45) is 10.9. The maximum absolute atomic E-state index is 14.2. The Morgan fingerprint density at radius 2 is 1.94 bits per heavy atom. The molecule has 3 aromatic rings. The van der Waals surface area contributed by atoms with Gasteiger partial charge in [0.2, 0.25) is 17.7 Å². The fraction of sp³-hybridized carbons (Fsp3) is 0.459. The van der Waals surface area contributed by atoms with E-state index in [1.807, 2.05) is 36.4 Å². The van der Waals surface area contributed by atoms with Crippen molar-refractivity contribution in [2.75, 3.05) is 46.4 Å². The third kappa shape index (κ3) is 10.9. The predicted octanol–water partition coefficient (Wildman–Crippen LogP) is 2.77. The molecule has 13 heteroatoms. The standard InChI is InChI=1S/C37H47N7O6/c1-49-31-14-12-30-23-32(31)50-26-34(46)38-17-21-43(35(47)15-13-28-7-3-2-4-8-28)19-5-9-33(45)40-27-37(25-30,24-29-10-11-29)36(48)39-16-6-20-44-22-18-41-42-44/h2-4,7-8,12-15,18,22-23,29H,5-6,9-11,16-17,19-21,24-27H2,1H3,(H,38,46)(H,39,48)(H,40,45)/b15-13+. The molecule has 0 saturated heterocycles. The van der Waals surface area contributed by atoms with Gasteiger partial charge in [0.15, 0.2) is 18.1 Å². The third-order valence-corrected chi connectivity index (χ3v) is 9.00. The maximum Gasteiger partial charge on any atom is 0.258 e. The lowest BCUT2D eigenvalue weighted by Gasteiger charge is -2.33. The first-order valence-corrected chi connectivity index (χ1v) is 17.3. The molecule has 0 spiro atoms. The Morgan fingerprint density at radius 1 is 1.10 bits per heavy atom. The summed E-state index contributed by atoms with van der Waals surface area (Å²) in [5.41, 5.74) is 0.788. The van der Waals surface area contributed by atoms with Crippen molar-refractivity contribution >= 4 is 29.7 Å². The zero-order valence-electron chi connectivity index (χ0n) is 28.6. The Balaban J connectivity index is 1.35. The molecule has 5 rings (SSSR count). The fourth-order valence-corrected chi connectivity index (χ4v) is 6.13. The van der Waals surface area contributed by atoms with Crippen LogP contribution in [0.5, 0.6) is 11.5 Å². The number of aromatic nitrogens is 3. The number of nitrogens with one attached hydrogen (secondary N) is 3. The predicted molar refractivity (Wildman–Crippen MR) is 187 cm³/mol. The van der Waals surface area contributed by atoms with Gasteiger partial charge in [-0.25, -0.2) is 0 Å². The van der Waals surface area contributed by atoms with Gasteiger partial charge < -0.3 is 30.3 Å². The van der Waals surface area contributed by atoms with Gasteiger partial charge in [-0.2, -0.15) is 0 Å². The van der Waals surface area contributed by atoms with E-state index in [4.69, 9.17) is 9.47 Å². The zero-order valence-corrected chi connectivity index (χ0v) is 28.6. The van der Waals surface area contributed by atoms with E-state index in [2.05, 4.69) is 26.3 Å².